The van der Waals surface area contributed by atoms with E-state index in [0.29, 0.717) is 61.6 Å². The van der Waals surface area contributed by atoms with E-state index in [0.717, 1.165) is 27.8 Å². The molecule has 4 nitrogen and oxygen atoms in total. The van der Waals surface area contributed by atoms with Gasteiger partial charge in [0, 0.05) is 55.1 Å². The number of nitrogens with zero attached hydrogens (tertiary/aromatic N) is 3. The molecule has 0 aliphatic carbocycles. The molecule has 0 fully saturated rings. The van der Waals surface area contributed by atoms with E-state index in [4.69, 9.17) is 26.4 Å². The fourth-order valence-corrected chi connectivity index (χ4v) is 7.88. The van der Waals surface area contributed by atoms with E-state index >= 15 is 0 Å². The van der Waals surface area contributed by atoms with Crippen molar-refractivity contribution in [3.05, 3.63) is 167 Å². The monoisotopic (exact) mass is 1010 g/mol. The van der Waals surface area contributed by atoms with Crippen LogP contribution in [0.25, 0.3) is 72.7 Å². The first-order valence-corrected chi connectivity index (χ1v) is 20.7. The number of rotatable bonds is 8. The van der Waals surface area contributed by atoms with Crippen LogP contribution in [0, 0.1) is 12.9 Å². The van der Waals surface area contributed by atoms with E-state index in [-0.39, 0.29) is 55.2 Å². The van der Waals surface area contributed by atoms with Crippen LogP contribution in [-0.2, 0) is 31.9 Å². The molecule has 62 heavy (non-hydrogen) atoms. The van der Waals surface area contributed by atoms with Crippen LogP contribution in [0.5, 0.6) is 5.75 Å². The maximum absolute atomic E-state index is 12.2. The normalized spacial score (nSPS) is 15.7. The molecule has 8 rings (SSSR count). The first-order valence-electron chi connectivity index (χ1n) is 26.7. The molecule has 0 saturated carbocycles. The number of imidazole rings is 1. The van der Waals surface area contributed by atoms with Gasteiger partial charge in [0.1, 0.15) is 11.6 Å². The van der Waals surface area contributed by atoms with E-state index in [2.05, 4.69) is 46.8 Å². The zero-order valence-electron chi connectivity index (χ0n) is 48.0. The van der Waals surface area contributed by atoms with Crippen molar-refractivity contribution in [2.24, 2.45) is 0 Å². The summed E-state index contributed by atoms with van der Waals surface area (Å²) in [6.45, 7) is 1.91. The van der Waals surface area contributed by atoms with Gasteiger partial charge in [0.2, 0.25) is 0 Å². The van der Waals surface area contributed by atoms with E-state index in [1.54, 1.807) is 18.3 Å². The second-order valence-electron chi connectivity index (χ2n) is 17.6. The molecular formula is C57H58N3OPt-. The number of aromatic hydroxyl groups is 1. The molecule has 0 aliphatic rings. The molecule has 0 aliphatic heterocycles. The van der Waals surface area contributed by atoms with Crippen LogP contribution in [0.4, 0.5) is 0 Å². The van der Waals surface area contributed by atoms with Gasteiger partial charge >= 0.3 is 0 Å². The molecule has 1 N–H and O–H groups in total. The minimum absolute atomic E-state index is 0. The predicted molar refractivity (Wildman–Crippen MR) is 257 cm³/mol. The van der Waals surface area contributed by atoms with Crippen LogP contribution < -0.4 is 0 Å². The Kier molecular flexibility index (Phi) is 8.73. The predicted octanol–water partition coefficient (Wildman–Crippen LogP) is 15.4. The van der Waals surface area contributed by atoms with Gasteiger partial charge in [0.15, 0.2) is 0 Å². The molecule has 0 spiro atoms. The Bertz CT molecular complexity index is 3310. The first kappa shape index (κ1) is 31.3. The van der Waals surface area contributed by atoms with Gasteiger partial charge in [-0.05, 0) is 104 Å². The third-order valence-electron chi connectivity index (χ3n) is 11.4. The largest absolute Gasteiger partial charge is 0.507 e. The fourth-order valence-electron chi connectivity index (χ4n) is 7.88. The molecule has 2 heterocycles. The van der Waals surface area contributed by atoms with Gasteiger partial charge < -0.3 is 5.11 Å². The number of hydrogen-bond donors (Lipinski definition) is 1. The summed E-state index contributed by atoms with van der Waals surface area (Å²) in [4.78, 5) is 10.2. The molecule has 0 radical (unpaired) electrons. The number of phenolic OH excluding ortho intramolecular Hbond substituents is 1. The van der Waals surface area contributed by atoms with E-state index in [9.17, 15) is 5.11 Å². The third kappa shape index (κ3) is 8.73. The summed E-state index contributed by atoms with van der Waals surface area (Å²) in [5.74, 6) is 0.599. The summed E-state index contributed by atoms with van der Waals surface area (Å²) in [5, 5.41) is 12.2. The van der Waals surface area contributed by atoms with Crippen molar-refractivity contribution in [3.8, 4) is 67.5 Å². The van der Waals surface area contributed by atoms with Crippen molar-refractivity contribution in [3.63, 3.8) is 0 Å². The molecule has 6 aromatic carbocycles. The summed E-state index contributed by atoms with van der Waals surface area (Å²) in [7, 11) is 0. The Morgan fingerprint density at radius 3 is 2.06 bits per heavy atom. The second-order valence-corrected chi connectivity index (χ2v) is 17.6. The molecule has 0 atom stereocenters. The summed E-state index contributed by atoms with van der Waals surface area (Å²) >= 11 is 0. The molecule has 0 saturated heterocycles. The number of fused-ring (bicyclic) bond motifs is 1. The minimum atomic E-state index is -3.39. The fraction of sp³-hybridized carbons (Fsp3) is 0.263. The molecular weight excluding hydrogens is 938 g/mol. The number of benzene rings is 6. The van der Waals surface area contributed by atoms with Crippen LogP contribution in [0.1, 0.15) is 125 Å². The van der Waals surface area contributed by atoms with Gasteiger partial charge in [-0.2, -0.15) is 0 Å². The maximum Gasteiger partial charge on any atom is 0.148 e. The molecule has 0 bridgehead atoms. The smallest absolute Gasteiger partial charge is 0.148 e. The van der Waals surface area contributed by atoms with Crippen LogP contribution >= 0.6 is 0 Å². The summed E-state index contributed by atoms with van der Waals surface area (Å²) in [6.07, 6.45) is 1.63. The summed E-state index contributed by atoms with van der Waals surface area (Å²) in [5.41, 5.74) is 6.53. The number of pyridine rings is 1. The van der Waals surface area contributed by atoms with Gasteiger partial charge in [-0.15, -0.1) is 29.3 Å². The average molecular weight is 1010 g/mol. The Balaban J connectivity index is 0.00000800. The number of hydrogen-bond acceptors (Lipinski definition) is 3. The average Bonchev–Trinajstić information content (AvgIpc) is 3.69. The van der Waals surface area contributed by atoms with Crippen molar-refractivity contribution in [2.45, 2.75) is 98.5 Å². The topological polar surface area (TPSA) is 50.9 Å². The number of aryl methyl sites for hydroxylation is 1. The van der Waals surface area contributed by atoms with Crippen molar-refractivity contribution in [2.75, 3.05) is 0 Å². The van der Waals surface area contributed by atoms with Crippen LogP contribution in [-0.4, -0.2) is 19.6 Å². The quantitative estimate of drug-likeness (QED) is 0.154. The molecule has 2 aromatic heterocycles. The molecule has 5 heteroatoms. The Labute approximate surface area is 400 Å². The van der Waals surface area contributed by atoms with Gasteiger partial charge in [-0.25, -0.2) is 4.98 Å². The zero-order chi connectivity index (χ0) is 53.4. The molecule has 318 valence electrons. The summed E-state index contributed by atoms with van der Waals surface area (Å²) in [6, 6.07) is 41.6. The molecule has 0 amide bonds. The van der Waals surface area contributed by atoms with Crippen molar-refractivity contribution in [1.29, 1.82) is 0 Å². The van der Waals surface area contributed by atoms with Crippen molar-refractivity contribution < 1.29 is 42.6 Å². The van der Waals surface area contributed by atoms with Crippen LogP contribution in [0.15, 0.2) is 134 Å². The van der Waals surface area contributed by atoms with Gasteiger partial charge in [0.05, 0.1) is 16.6 Å². The maximum atomic E-state index is 12.2. The standard InChI is InChI=1S/C57H58N3O.Pt/c1-35(2)41-32-49(36(3)4)54(61)50(33-41)55-59-53-48(18-15-19-52(53)60(55)46-24-25-47(37(5)28-46)39-16-13-12-14-17-39)42-29-43(31-45(30-42)57(9,10)11)51-34-40(26-27-58-51)38-20-22-44(23-21-38)56(6,7)8;/h12-28,30-36,61H,1-11H3;/q-1;/i5D3,6D3,7D3,8D3;. The van der Waals surface area contributed by atoms with Crippen molar-refractivity contribution >= 4 is 11.0 Å². The zero-order valence-corrected chi connectivity index (χ0v) is 38.2. The van der Waals surface area contributed by atoms with Crippen molar-refractivity contribution in [1.82, 2.24) is 14.5 Å². The Hall–Kier alpha value is -5.57. The van der Waals surface area contributed by atoms with Gasteiger partial charge in [0.25, 0.3) is 0 Å². The minimum Gasteiger partial charge on any atom is -0.507 e. The molecule has 8 aromatic rings. The number of para-hydroxylation sites is 1. The number of aromatic nitrogens is 3. The van der Waals surface area contributed by atoms with E-state index in [1.807, 2.05) is 103 Å². The van der Waals surface area contributed by atoms with Crippen LogP contribution in [0.2, 0.25) is 0 Å². The van der Waals surface area contributed by atoms with Gasteiger partial charge in [-0.1, -0.05) is 165 Å². The second kappa shape index (κ2) is 17.3. The van der Waals surface area contributed by atoms with E-state index < -0.39 is 32.8 Å². The van der Waals surface area contributed by atoms with Crippen LogP contribution in [0.3, 0.4) is 0 Å². The first-order chi connectivity index (χ1) is 33.9. The Morgan fingerprint density at radius 1 is 0.645 bits per heavy atom. The Morgan fingerprint density at radius 2 is 1.39 bits per heavy atom. The van der Waals surface area contributed by atoms with E-state index in [1.165, 1.54) is 24.3 Å². The SMILES string of the molecule is [2H]C([2H])([2H])c1cc(-n2c(-c3cc(C(C)C)cc(C(C)C)c3O)nc3c(-c4[c-]c(-c5cc(-c6ccc(C(C([2H])([2H])[2H])(C([2H])([2H])[2H])C([2H])([2H])[2H])cc6)ccn5)cc(C(C)(C)C)c4)cccc32)ccc1-c1ccccc1.[Pt]. The third-order valence-corrected chi connectivity index (χ3v) is 11.4. The molecule has 0 unspecified atom stereocenters. The number of phenols is 1. The summed E-state index contributed by atoms with van der Waals surface area (Å²) < 4.78 is 102. The van der Waals surface area contributed by atoms with Gasteiger partial charge in [-0.3, -0.25) is 9.55 Å².